The van der Waals surface area contributed by atoms with Gasteiger partial charge in [-0.3, -0.25) is 0 Å². The molecule has 0 spiro atoms. The van der Waals surface area contributed by atoms with E-state index in [-0.39, 0.29) is 50.9 Å². The van der Waals surface area contributed by atoms with Crippen molar-refractivity contribution in [3.8, 4) is 29.0 Å². The molecule has 0 saturated carbocycles. The third kappa shape index (κ3) is 4.40. The number of aromatic nitrogens is 4. The van der Waals surface area contributed by atoms with Gasteiger partial charge in [0, 0.05) is 10.6 Å². The maximum atomic E-state index is 15.2. The lowest BCUT2D eigenvalue weighted by Gasteiger charge is -2.12. The Morgan fingerprint density at radius 3 is 2.56 bits per heavy atom. The highest BCUT2D eigenvalue weighted by Gasteiger charge is 2.20. The molecule has 160 valence electrons. The van der Waals surface area contributed by atoms with E-state index in [0.29, 0.717) is 17.0 Å². The lowest BCUT2D eigenvalue weighted by Crippen LogP contribution is -1.98. The van der Waals surface area contributed by atoms with Crippen LogP contribution >= 0.6 is 23.2 Å². The topological polar surface area (TPSA) is 97.7 Å². The van der Waals surface area contributed by atoms with E-state index in [4.69, 9.17) is 37.6 Å². The largest absolute Gasteiger partial charge is 0.453 e. The fourth-order valence-corrected chi connectivity index (χ4v) is 3.51. The second kappa shape index (κ2) is 8.91. The van der Waals surface area contributed by atoms with Gasteiger partial charge in [-0.1, -0.05) is 29.3 Å². The molecule has 7 nitrogen and oxygen atoms in total. The van der Waals surface area contributed by atoms with Crippen LogP contribution in [0.5, 0.6) is 11.5 Å². The predicted octanol–water partition coefficient (Wildman–Crippen LogP) is 5.84. The minimum absolute atomic E-state index is 0.0111. The molecule has 0 fully saturated rings. The number of halogens is 3. The van der Waals surface area contributed by atoms with E-state index < -0.39 is 5.82 Å². The van der Waals surface area contributed by atoms with Gasteiger partial charge in [0.2, 0.25) is 5.89 Å². The van der Waals surface area contributed by atoms with E-state index in [9.17, 15) is 0 Å². The summed E-state index contributed by atoms with van der Waals surface area (Å²) in [7, 11) is 0. The van der Waals surface area contributed by atoms with Crippen LogP contribution in [-0.2, 0) is 6.42 Å². The van der Waals surface area contributed by atoms with Gasteiger partial charge in [-0.25, -0.2) is 14.4 Å². The van der Waals surface area contributed by atoms with Crippen LogP contribution < -0.4 is 4.74 Å². The fraction of sp³-hybridized carbons (Fsp3) is 0.136. The maximum absolute atomic E-state index is 15.2. The molecule has 10 heteroatoms. The van der Waals surface area contributed by atoms with Crippen LogP contribution in [0.25, 0.3) is 11.5 Å². The molecule has 0 aliphatic heterocycles. The molecular weight excluding hydrogens is 456 g/mol. The van der Waals surface area contributed by atoms with Gasteiger partial charge in [0.15, 0.2) is 11.6 Å². The number of rotatable bonds is 5. The third-order valence-electron chi connectivity index (χ3n) is 4.60. The Kier molecular flexibility index (Phi) is 6.04. The summed E-state index contributed by atoms with van der Waals surface area (Å²) < 4.78 is 26.6. The van der Waals surface area contributed by atoms with Crippen molar-refractivity contribution in [2.45, 2.75) is 20.3 Å². The van der Waals surface area contributed by atoms with Crippen molar-refractivity contribution in [2.75, 3.05) is 0 Å². The molecule has 0 aliphatic rings. The number of ether oxygens (including phenoxy) is 1. The van der Waals surface area contributed by atoms with Crippen LogP contribution in [0.4, 0.5) is 4.39 Å². The molecule has 2 aromatic carbocycles. The first kappa shape index (κ1) is 21.7. The quantitative estimate of drug-likeness (QED) is 0.361. The van der Waals surface area contributed by atoms with Gasteiger partial charge < -0.3 is 9.15 Å². The molecule has 2 heterocycles. The number of nitriles is 1. The molecule has 4 aromatic rings. The van der Waals surface area contributed by atoms with Gasteiger partial charge in [0.25, 0.3) is 5.89 Å². The SMILES string of the molecule is Cc1ncnc(C)c1-c1nnc(Cc2ccc(Cl)c(Oc3cc(Cl)cc(C#N)c3)c2F)o1. The van der Waals surface area contributed by atoms with Gasteiger partial charge in [-0.05, 0) is 38.1 Å². The van der Waals surface area contributed by atoms with E-state index in [0.717, 1.165) is 0 Å². The normalized spacial score (nSPS) is 10.8. The Labute approximate surface area is 192 Å². The van der Waals surface area contributed by atoms with Crippen molar-refractivity contribution in [1.82, 2.24) is 20.2 Å². The summed E-state index contributed by atoms with van der Waals surface area (Å²) in [6.07, 6.45) is 1.46. The van der Waals surface area contributed by atoms with E-state index >= 15 is 4.39 Å². The Hall–Kier alpha value is -3.54. The average Bonchev–Trinajstić information content (AvgIpc) is 3.20. The predicted molar refractivity (Wildman–Crippen MR) is 115 cm³/mol. The first-order valence-electron chi connectivity index (χ1n) is 9.32. The Bertz CT molecular complexity index is 1350. The van der Waals surface area contributed by atoms with E-state index in [1.54, 1.807) is 0 Å². The van der Waals surface area contributed by atoms with Crippen molar-refractivity contribution in [2.24, 2.45) is 0 Å². The van der Waals surface area contributed by atoms with Crippen molar-refractivity contribution in [3.63, 3.8) is 0 Å². The van der Waals surface area contributed by atoms with Crippen molar-refractivity contribution in [3.05, 3.63) is 80.9 Å². The summed E-state index contributed by atoms with van der Waals surface area (Å²) in [5, 5.41) is 17.5. The standard InChI is InChI=1S/C22H14Cl2FN5O2/c1-11-19(12(2)28-10-27-11)22-30-29-18(32-22)7-14-3-4-17(24)21(20(14)25)31-16-6-13(9-26)5-15(23)8-16/h3-6,8,10H,7H2,1-2H3. The van der Waals surface area contributed by atoms with E-state index in [2.05, 4.69) is 20.2 Å². The number of nitrogens with zero attached hydrogens (tertiary/aromatic N) is 5. The smallest absolute Gasteiger partial charge is 0.251 e. The van der Waals surface area contributed by atoms with Gasteiger partial charge in [0.05, 0.1) is 40.0 Å². The van der Waals surface area contributed by atoms with Gasteiger partial charge in [-0.2, -0.15) is 5.26 Å². The molecule has 0 bridgehead atoms. The summed E-state index contributed by atoms with van der Waals surface area (Å²) in [5.41, 5.74) is 2.54. The lowest BCUT2D eigenvalue weighted by molar-refractivity contribution is 0.437. The molecule has 0 amide bonds. The fourth-order valence-electron chi connectivity index (χ4n) is 3.10. The molecule has 32 heavy (non-hydrogen) atoms. The highest BCUT2D eigenvalue weighted by molar-refractivity contribution is 6.32. The number of aryl methyl sites for hydroxylation is 2. The zero-order chi connectivity index (χ0) is 22.8. The van der Waals surface area contributed by atoms with Crippen LogP contribution in [-0.4, -0.2) is 20.2 Å². The number of hydrogen-bond acceptors (Lipinski definition) is 7. The number of hydrogen-bond donors (Lipinski definition) is 0. The van der Waals surface area contributed by atoms with Gasteiger partial charge >= 0.3 is 0 Å². The van der Waals surface area contributed by atoms with Crippen LogP contribution in [0, 0.1) is 31.0 Å². The van der Waals surface area contributed by atoms with Crippen molar-refractivity contribution in [1.29, 1.82) is 5.26 Å². The van der Waals surface area contributed by atoms with Crippen LogP contribution in [0.15, 0.2) is 41.1 Å². The summed E-state index contributed by atoms with van der Waals surface area (Å²) in [6.45, 7) is 3.62. The van der Waals surface area contributed by atoms with Gasteiger partial charge in [-0.15, -0.1) is 10.2 Å². The maximum Gasteiger partial charge on any atom is 0.251 e. The molecule has 0 radical (unpaired) electrons. The zero-order valence-electron chi connectivity index (χ0n) is 16.9. The Morgan fingerprint density at radius 2 is 1.84 bits per heavy atom. The summed E-state index contributed by atoms with van der Waals surface area (Å²) >= 11 is 12.2. The third-order valence-corrected chi connectivity index (χ3v) is 5.11. The molecule has 0 atom stereocenters. The number of benzene rings is 2. The molecule has 0 N–H and O–H groups in total. The van der Waals surface area contributed by atoms with E-state index in [1.165, 1.54) is 36.7 Å². The second-order valence-corrected chi connectivity index (χ2v) is 7.68. The Balaban J connectivity index is 1.63. The first-order chi connectivity index (χ1) is 15.4. The van der Waals surface area contributed by atoms with Crippen LogP contribution in [0.1, 0.15) is 28.4 Å². The summed E-state index contributed by atoms with van der Waals surface area (Å²) in [6, 6.07) is 9.34. The molecular formula is C22H14Cl2FN5O2. The summed E-state index contributed by atoms with van der Waals surface area (Å²) in [5.74, 6) is -0.250. The molecule has 0 saturated heterocycles. The monoisotopic (exact) mass is 469 g/mol. The molecule has 0 unspecified atom stereocenters. The molecule has 2 aromatic heterocycles. The van der Waals surface area contributed by atoms with Crippen molar-refractivity contribution < 1.29 is 13.5 Å². The van der Waals surface area contributed by atoms with Crippen molar-refractivity contribution >= 4 is 23.2 Å². The minimum Gasteiger partial charge on any atom is -0.453 e. The first-order valence-corrected chi connectivity index (χ1v) is 10.1. The molecule has 4 rings (SSSR count). The highest BCUT2D eigenvalue weighted by atomic mass is 35.5. The summed E-state index contributed by atoms with van der Waals surface area (Å²) in [4.78, 5) is 8.29. The van der Waals surface area contributed by atoms with Gasteiger partial charge in [0.1, 0.15) is 12.1 Å². The minimum atomic E-state index is -0.689. The second-order valence-electron chi connectivity index (χ2n) is 6.84. The van der Waals surface area contributed by atoms with Crippen LogP contribution in [0.3, 0.4) is 0 Å². The average molecular weight is 470 g/mol. The van der Waals surface area contributed by atoms with E-state index in [1.807, 2.05) is 19.9 Å². The van der Waals surface area contributed by atoms with Crippen LogP contribution in [0.2, 0.25) is 10.0 Å². The molecule has 0 aliphatic carbocycles. The zero-order valence-corrected chi connectivity index (χ0v) is 18.4. The lowest BCUT2D eigenvalue weighted by atomic mass is 10.1. The highest BCUT2D eigenvalue weighted by Crippen LogP contribution is 2.36. The Morgan fingerprint density at radius 1 is 1.09 bits per heavy atom.